The van der Waals surface area contributed by atoms with E-state index < -0.39 is 6.10 Å². The molecule has 0 radical (unpaired) electrons. The van der Waals surface area contributed by atoms with Crippen LogP contribution < -0.4 is 5.32 Å². The Morgan fingerprint density at radius 2 is 2.12 bits per heavy atom. The minimum Gasteiger partial charge on any atom is -0.390 e. The topological polar surface area (TPSA) is 52.6 Å². The largest absolute Gasteiger partial charge is 0.390 e. The number of likely N-dealkylation sites (N-methyl/N-ethyl adjacent to an activating group) is 1. The van der Waals surface area contributed by atoms with Gasteiger partial charge in [-0.15, -0.1) is 11.8 Å². The van der Waals surface area contributed by atoms with E-state index in [1.165, 1.54) is 0 Å². The Hall–Kier alpha value is -0.260. The number of nitrogens with zero attached hydrogens (tertiary/aromatic N) is 1. The van der Waals surface area contributed by atoms with Gasteiger partial charge in [-0.25, -0.2) is 0 Å². The molecule has 16 heavy (non-hydrogen) atoms. The number of β-amino-alcohol motifs (C(OH)–C–C–N with tert-alkyl or cyclic N) is 1. The predicted octanol–water partition coefficient (Wildman–Crippen LogP) is 0.309. The molecular weight excluding hydrogens is 224 g/mol. The van der Waals surface area contributed by atoms with Crippen molar-refractivity contribution in [3.05, 3.63) is 0 Å². The van der Waals surface area contributed by atoms with Gasteiger partial charge in [-0.1, -0.05) is 20.8 Å². The van der Waals surface area contributed by atoms with Crippen LogP contribution in [0.15, 0.2) is 0 Å². The van der Waals surface area contributed by atoms with Crippen LogP contribution in [0.25, 0.3) is 0 Å². The van der Waals surface area contributed by atoms with Crippen LogP contribution in [0.5, 0.6) is 0 Å². The summed E-state index contributed by atoms with van der Waals surface area (Å²) < 4.78 is 0.100. The van der Waals surface area contributed by atoms with Gasteiger partial charge in [-0.3, -0.25) is 4.79 Å². The first-order valence-electron chi connectivity index (χ1n) is 5.59. The molecule has 0 aromatic carbocycles. The van der Waals surface area contributed by atoms with Crippen LogP contribution in [0, 0.1) is 0 Å². The van der Waals surface area contributed by atoms with Gasteiger partial charge in [0.2, 0.25) is 5.91 Å². The fourth-order valence-corrected chi connectivity index (χ4v) is 2.37. The zero-order chi connectivity index (χ0) is 12.3. The van der Waals surface area contributed by atoms with Crippen LogP contribution in [0.1, 0.15) is 20.8 Å². The Bertz CT molecular complexity index is 253. The summed E-state index contributed by atoms with van der Waals surface area (Å²) >= 11 is 1.64. The van der Waals surface area contributed by atoms with Crippen molar-refractivity contribution in [3.8, 4) is 0 Å². The van der Waals surface area contributed by atoms with Gasteiger partial charge in [0, 0.05) is 24.9 Å². The van der Waals surface area contributed by atoms with Crippen LogP contribution in [0.4, 0.5) is 0 Å². The first kappa shape index (κ1) is 13.8. The number of carbonyl (C=O) groups excluding carboxylic acids is 1. The summed E-state index contributed by atoms with van der Waals surface area (Å²) in [7, 11) is 1.77. The maximum absolute atomic E-state index is 11.9. The highest BCUT2D eigenvalue weighted by molar-refractivity contribution is 8.01. The number of hydrogen-bond acceptors (Lipinski definition) is 4. The zero-order valence-electron chi connectivity index (χ0n) is 10.5. The fourth-order valence-electron chi connectivity index (χ4n) is 1.61. The molecule has 0 aromatic rings. The highest BCUT2D eigenvalue weighted by atomic mass is 32.2. The fraction of sp³-hybridized carbons (Fsp3) is 0.909. The second-order valence-corrected chi connectivity index (χ2v) is 7.00. The van der Waals surface area contributed by atoms with Gasteiger partial charge >= 0.3 is 0 Å². The lowest BCUT2D eigenvalue weighted by atomic mass is 10.2. The normalized spacial score (nSPS) is 25.8. The van der Waals surface area contributed by atoms with Crippen molar-refractivity contribution in [2.24, 2.45) is 0 Å². The van der Waals surface area contributed by atoms with Gasteiger partial charge in [0.25, 0.3) is 0 Å². The van der Waals surface area contributed by atoms with E-state index in [2.05, 4.69) is 26.1 Å². The molecule has 2 unspecified atom stereocenters. The van der Waals surface area contributed by atoms with Crippen molar-refractivity contribution in [3.63, 3.8) is 0 Å². The van der Waals surface area contributed by atoms with Crippen LogP contribution in [-0.4, -0.2) is 58.7 Å². The molecule has 2 atom stereocenters. The Morgan fingerprint density at radius 1 is 1.50 bits per heavy atom. The molecule has 1 rings (SSSR count). The molecule has 1 amide bonds. The first-order valence-corrected chi connectivity index (χ1v) is 6.58. The Labute approximate surface area is 102 Å². The number of amides is 1. The summed E-state index contributed by atoms with van der Waals surface area (Å²) in [5.41, 5.74) is 0. The van der Waals surface area contributed by atoms with E-state index in [1.807, 2.05) is 0 Å². The maximum Gasteiger partial charge on any atom is 0.232 e. The van der Waals surface area contributed by atoms with Crippen molar-refractivity contribution in [1.82, 2.24) is 10.2 Å². The van der Waals surface area contributed by atoms with Gasteiger partial charge < -0.3 is 15.3 Å². The van der Waals surface area contributed by atoms with Crippen molar-refractivity contribution in [2.45, 2.75) is 37.7 Å². The molecular formula is C11H22N2O2S. The smallest absolute Gasteiger partial charge is 0.232 e. The van der Waals surface area contributed by atoms with E-state index in [9.17, 15) is 9.90 Å². The minimum atomic E-state index is -0.436. The van der Waals surface area contributed by atoms with E-state index in [4.69, 9.17) is 0 Å². The molecule has 1 heterocycles. The lowest BCUT2D eigenvalue weighted by Crippen LogP contribution is -2.45. The highest BCUT2D eigenvalue weighted by Crippen LogP contribution is 2.23. The van der Waals surface area contributed by atoms with Crippen molar-refractivity contribution >= 4 is 17.7 Å². The second kappa shape index (κ2) is 5.38. The van der Waals surface area contributed by atoms with Gasteiger partial charge in [-0.2, -0.15) is 0 Å². The SMILES string of the molecule is CN(C(=O)CSC(C)(C)C)C1CNCC1O. The Balaban J connectivity index is 2.41. The van der Waals surface area contributed by atoms with E-state index >= 15 is 0 Å². The van der Waals surface area contributed by atoms with Crippen molar-refractivity contribution < 1.29 is 9.90 Å². The van der Waals surface area contributed by atoms with E-state index in [1.54, 1.807) is 23.7 Å². The van der Waals surface area contributed by atoms with Crippen LogP contribution in [0.3, 0.4) is 0 Å². The van der Waals surface area contributed by atoms with E-state index in [-0.39, 0.29) is 16.7 Å². The number of aliphatic hydroxyl groups excluding tert-OH is 1. The van der Waals surface area contributed by atoms with Crippen molar-refractivity contribution in [1.29, 1.82) is 0 Å². The summed E-state index contributed by atoms with van der Waals surface area (Å²) in [5, 5.41) is 12.8. The number of carbonyl (C=O) groups is 1. The third kappa shape index (κ3) is 3.96. The molecule has 94 valence electrons. The number of hydrogen-bond donors (Lipinski definition) is 2. The standard InChI is InChI=1S/C11H22N2O2S/c1-11(2,3)16-7-10(15)13(4)8-5-12-6-9(8)14/h8-9,12,14H,5-7H2,1-4H3. The number of nitrogens with one attached hydrogen (secondary N) is 1. The third-order valence-electron chi connectivity index (χ3n) is 2.67. The summed E-state index contributed by atoms with van der Waals surface area (Å²) in [6.07, 6.45) is -0.436. The first-order chi connectivity index (χ1) is 7.31. The molecule has 0 bridgehead atoms. The van der Waals surface area contributed by atoms with Crippen LogP contribution in [-0.2, 0) is 4.79 Å². The van der Waals surface area contributed by atoms with E-state index in [0.29, 0.717) is 18.8 Å². The molecule has 5 heteroatoms. The zero-order valence-corrected chi connectivity index (χ0v) is 11.3. The molecule has 0 saturated carbocycles. The molecule has 1 fully saturated rings. The Morgan fingerprint density at radius 3 is 2.56 bits per heavy atom. The average Bonchev–Trinajstić information content (AvgIpc) is 2.58. The van der Waals surface area contributed by atoms with Gasteiger partial charge in [0.15, 0.2) is 0 Å². The summed E-state index contributed by atoms with van der Waals surface area (Å²) in [6, 6.07) is -0.0759. The predicted molar refractivity (Wildman–Crippen MR) is 67.6 cm³/mol. The number of thioether (sulfide) groups is 1. The lowest BCUT2D eigenvalue weighted by molar-refractivity contribution is -0.130. The minimum absolute atomic E-state index is 0.0759. The quantitative estimate of drug-likeness (QED) is 0.752. The van der Waals surface area contributed by atoms with Gasteiger partial charge in [0.1, 0.15) is 0 Å². The van der Waals surface area contributed by atoms with Crippen LogP contribution in [0.2, 0.25) is 0 Å². The molecule has 4 nitrogen and oxygen atoms in total. The third-order valence-corrected chi connectivity index (χ3v) is 3.93. The summed E-state index contributed by atoms with van der Waals surface area (Å²) in [6.45, 7) is 7.54. The number of rotatable bonds is 3. The Kier molecular flexibility index (Phi) is 4.64. The van der Waals surface area contributed by atoms with Crippen molar-refractivity contribution in [2.75, 3.05) is 25.9 Å². The average molecular weight is 246 g/mol. The molecule has 2 N–H and O–H groups in total. The molecule has 0 aliphatic carbocycles. The summed E-state index contributed by atoms with van der Waals surface area (Å²) in [5.74, 6) is 0.566. The van der Waals surface area contributed by atoms with Gasteiger partial charge in [0.05, 0.1) is 17.9 Å². The molecule has 1 aliphatic heterocycles. The maximum atomic E-state index is 11.9. The van der Waals surface area contributed by atoms with E-state index in [0.717, 1.165) is 0 Å². The molecule has 0 spiro atoms. The second-order valence-electron chi connectivity index (χ2n) is 5.20. The van der Waals surface area contributed by atoms with Gasteiger partial charge in [-0.05, 0) is 0 Å². The van der Waals surface area contributed by atoms with Crippen LogP contribution >= 0.6 is 11.8 Å². The number of aliphatic hydroxyl groups is 1. The molecule has 1 aliphatic rings. The summed E-state index contributed by atoms with van der Waals surface area (Å²) in [4.78, 5) is 13.6. The monoisotopic (exact) mass is 246 g/mol. The molecule has 1 saturated heterocycles. The molecule has 0 aromatic heterocycles. The highest BCUT2D eigenvalue weighted by Gasteiger charge is 2.31. The lowest BCUT2D eigenvalue weighted by Gasteiger charge is -2.27.